The average molecular weight is 260 g/mol. The molecule has 70 valence electrons. The number of hydrogen-bond donors (Lipinski definition) is 0. The fourth-order valence-electron chi connectivity index (χ4n) is 1.31. The number of rotatable bonds is 1. The first-order valence-electron chi connectivity index (χ1n) is 4.18. The lowest BCUT2D eigenvalue weighted by Gasteiger charge is -2.16. The van der Waals surface area contributed by atoms with E-state index in [9.17, 15) is 0 Å². The van der Waals surface area contributed by atoms with Gasteiger partial charge in [-0.15, -0.1) is 11.8 Å². The Hall–Kier alpha value is -0.0600. The molecule has 0 aliphatic carbocycles. The predicted molar refractivity (Wildman–Crippen MR) is 60.4 cm³/mol. The molecule has 0 aromatic carbocycles. The Bertz CT molecular complexity index is 296. The third-order valence-corrected chi connectivity index (χ3v) is 3.69. The quantitative estimate of drug-likeness (QED) is 0.723. The summed E-state index contributed by atoms with van der Waals surface area (Å²) >= 11 is 5.20. The molecule has 0 aromatic rings. The second kappa shape index (κ2) is 4.44. The van der Waals surface area contributed by atoms with Crippen molar-refractivity contribution in [2.24, 2.45) is 4.99 Å². The van der Waals surface area contributed by atoms with E-state index in [0.717, 1.165) is 29.2 Å². The van der Waals surface area contributed by atoms with Crippen LogP contribution < -0.4 is 0 Å². The highest BCUT2D eigenvalue weighted by molar-refractivity contribution is 9.14. The topological polar surface area (TPSA) is 21.6 Å². The van der Waals surface area contributed by atoms with Crippen molar-refractivity contribution in [1.29, 1.82) is 0 Å². The lowest BCUT2D eigenvalue weighted by Crippen LogP contribution is -2.15. The summed E-state index contributed by atoms with van der Waals surface area (Å²) in [6, 6.07) is 0. The Balaban J connectivity index is 2.12. The zero-order valence-corrected chi connectivity index (χ0v) is 9.53. The molecule has 0 N–H and O–H groups in total. The molecule has 2 nitrogen and oxygen atoms in total. The zero-order chi connectivity index (χ0) is 9.10. The molecular weight excluding hydrogens is 250 g/mol. The molecular formula is C9H10BrNOS. The summed E-state index contributed by atoms with van der Waals surface area (Å²) in [6.45, 7) is 1.57. The first kappa shape index (κ1) is 9.49. The zero-order valence-electron chi connectivity index (χ0n) is 7.12. The van der Waals surface area contributed by atoms with Crippen molar-refractivity contribution in [2.45, 2.75) is 6.42 Å². The van der Waals surface area contributed by atoms with Crippen LogP contribution in [0.4, 0.5) is 0 Å². The van der Waals surface area contributed by atoms with Gasteiger partial charge in [0.15, 0.2) is 0 Å². The number of thioether (sulfide) groups is 1. The summed E-state index contributed by atoms with van der Waals surface area (Å²) in [7, 11) is 0. The molecule has 2 aliphatic heterocycles. The normalized spacial score (nSPS) is 23.3. The highest BCUT2D eigenvalue weighted by Gasteiger charge is 2.13. The fourth-order valence-corrected chi connectivity index (χ4v) is 2.41. The maximum absolute atomic E-state index is 5.25. The molecule has 0 spiro atoms. The summed E-state index contributed by atoms with van der Waals surface area (Å²) in [6.07, 6.45) is 5.01. The van der Waals surface area contributed by atoms with Gasteiger partial charge in [-0.1, -0.05) is 6.08 Å². The van der Waals surface area contributed by atoms with Crippen LogP contribution in [0.5, 0.6) is 0 Å². The van der Waals surface area contributed by atoms with Crippen molar-refractivity contribution in [3.63, 3.8) is 0 Å². The van der Waals surface area contributed by atoms with Gasteiger partial charge in [0.25, 0.3) is 0 Å². The lowest BCUT2D eigenvalue weighted by molar-refractivity contribution is 0.156. The van der Waals surface area contributed by atoms with Gasteiger partial charge in [-0.2, -0.15) is 0 Å². The van der Waals surface area contributed by atoms with Crippen LogP contribution >= 0.6 is 27.7 Å². The third-order valence-electron chi connectivity index (χ3n) is 2.00. The smallest absolute Gasteiger partial charge is 0.0690 e. The predicted octanol–water partition coefficient (Wildman–Crippen LogP) is 2.71. The van der Waals surface area contributed by atoms with Gasteiger partial charge in [0.1, 0.15) is 0 Å². The standard InChI is InChI=1S/C9H10BrNOS/c10-9-5-11-8(6-13-9)7-1-3-12-4-2-7/h1,5H,2-4,6H2. The summed E-state index contributed by atoms with van der Waals surface area (Å²) in [5.74, 6) is 0.975. The van der Waals surface area contributed by atoms with Crippen molar-refractivity contribution < 1.29 is 4.74 Å². The van der Waals surface area contributed by atoms with Crippen molar-refractivity contribution in [2.75, 3.05) is 19.0 Å². The van der Waals surface area contributed by atoms with E-state index >= 15 is 0 Å². The summed E-state index contributed by atoms with van der Waals surface area (Å²) in [5, 5.41) is 0. The number of nitrogens with zero attached hydrogens (tertiary/aromatic N) is 1. The van der Waals surface area contributed by atoms with Gasteiger partial charge in [-0.05, 0) is 27.9 Å². The third kappa shape index (κ3) is 2.45. The van der Waals surface area contributed by atoms with Crippen LogP contribution in [0, 0.1) is 0 Å². The minimum atomic E-state index is 0.740. The van der Waals surface area contributed by atoms with Crippen LogP contribution in [0.2, 0.25) is 0 Å². The monoisotopic (exact) mass is 259 g/mol. The molecule has 0 fully saturated rings. The van der Waals surface area contributed by atoms with Crippen molar-refractivity contribution in [3.05, 3.63) is 21.7 Å². The molecule has 0 amide bonds. The molecule has 2 rings (SSSR count). The number of halogens is 1. The van der Waals surface area contributed by atoms with E-state index in [-0.39, 0.29) is 0 Å². The molecule has 0 unspecified atom stereocenters. The first-order valence-corrected chi connectivity index (χ1v) is 5.96. The molecule has 0 radical (unpaired) electrons. The molecule has 0 atom stereocenters. The SMILES string of the molecule is BrC1=CN=C(C2=CCOCC2)CS1. The van der Waals surface area contributed by atoms with Gasteiger partial charge in [0, 0.05) is 12.0 Å². The van der Waals surface area contributed by atoms with E-state index in [1.54, 1.807) is 11.8 Å². The Labute approximate surface area is 90.3 Å². The van der Waals surface area contributed by atoms with Crippen LogP contribution in [0.25, 0.3) is 0 Å². The number of aliphatic imine (C=N–C) groups is 1. The molecule has 0 bridgehead atoms. The summed E-state index contributed by atoms with van der Waals surface area (Å²) in [5.41, 5.74) is 2.56. The van der Waals surface area contributed by atoms with E-state index < -0.39 is 0 Å². The molecule has 0 aromatic heterocycles. The Kier molecular flexibility index (Phi) is 3.24. The van der Waals surface area contributed by atoms with Gasteiger partial charge in [-0.25, -0.2) is 0 Å². The maximum atomic E-state index is 5.25. The van der Waals surface area contributed by atoms with Crippen molar-refractivity contribution >= 4 is 33.4 Å². The molecule has 0 saturated carbocycles. The molecule has 2 heterocycles. The highest BCUT2D eigenvalue weighted by Crippen LogP contribution is 2.28. The second-order valence-corrected chi connectivity index (χ2v) is 5.25. The first-order chi connectivity index (χ1) is 6.36. The average Bonchev–Trinajstić information content (AvgIpc) is 2.20. The minimum absolute atomic E-state index is 0.740. The maximum Gasteiger partial charge on any atom is 0.0690 e. The van der Waals surface area contributed by atoms with E-state index in [4.69, 9.17) is 4.74 Å². The molecule has 2 aliphatic rings. The van der Waals surface area contributed by atoms with Gasteiger partial charge >= 0.3 is 0 Å². The minimum Gasteiger partial charge on any atom is -0.377 e. The van der Waals surface area contributed by atoms with E-state index in [1.807, 2.05) is 6.20 Å². The van der Waals surface area contributed by atoms with Gasteiger partial charge in [0.05, 0.1) is 22.7 Å². The molecule has 0 saturated heterocycles. The lowest BCUT2D eigenvalue weighted by atomic mass is 10.1. The summed E-state index contributed by atoms with van der Waals surface area (Å²) in [4.78, 5) is 4.40. The largest absolute Gasteiger partial charge is 0.377 e. The van der Waals surface area contributed by atoms with Gasteiger partial charge in [0.2, 0.25) is 0 Å². The Morgan fingerprint density at radius 1 is 1.54 bits per heavy atom. The molecule has 13 heavy (non-hydrogen) atoms. The van der Waals surface area contributed by atoms with Crippen molar-refractivity contribution in [3.8, 4) is 0 Å². The van der Waals surface area contributed by atoms with Crippen LogP contribution in [0.3, 0.4) is 0 Å². The number of ether oxygens (including phenoxy) is 1. The number of hydrogen-bond acceptors (Lipinski definition) is 3. The van der Waals surface area contributed by atoms with Crippen LogP contribution in [0.15, 0.2) is 26.7 Å². The Morgan fingerprint density at radius 3 is 3.08 bits per heavy atom. The van der Waals surface area contributed by atoms with Crippen LogP contribution in [-0.2, 0) is 4.74 Å². The summed E-state index contributed by atoms with van der Waals surface area (Å²) < 4.78 is 6.36. The Morgan fingerprint density at radius 2 is 2.46 bits per heavy atom. The highest BCUT2D eigenvalue weighted by atomic mass is 79.9. The van der Waals surface area contributed by atoms with Crippen LogP contribution in [0.1, 0.15) is 6.42 Å². The van der Waals surface area contributed by atoms with Crippen LogP contribution in [-0.4, -0.2) is 24.7 Å². The second-order valence-electron chi connectivity index (χ2n) is 2.85. The molecule has 4 heteroatoms. The van der Waals surface area contributed by atoms with Gasteiger partial charge in [-0.3, -0.25) is 4.99 Å². The van der Waals surface area contributed by atoms with E-state index in [0.29, 0.717) is 0 Å². The van der Waals surface area contributed by atoms with Crippen molar-refractivity contribution in [1.82, 2.24) is 0 Å². The van der Waals surface area contributed by atoms with E-state index in [2.05, 4.69) is 27.0 Å². The van der Waals surface area contributed by atoms with Gasteiger partial charge < -0.3 is 4.74 Å². The fraction of sp³-hybridized carbons (Fsp3) is 0.444. The van der Waals surface area contributed by atoms with E-state index in [1.165, 1.54) is 11.3 Å².